The van der Waals surface area contributed by atoms with Crippen LogP contribution in [0.25, 0.3) is 0 Å². The van der Waals surface area contributed by atoms with E-state index in [4.69, 9.17) is 5.11 Å². The maximum Gasteiger partial charge on any atom is 0.335 e. The van der Waals surface area contributed by atoms with Crippen LogP contribution in [-0.2, 0) is 16.6 Å². The zero-order valence-corrected chi connectivity index (χ0v) is 9.98. The summed E-state index contributed by atoms with van der Waals surface area (Å²) in [5.41, 5.74) is 0.884. The van der Waals surface area contributed by atoms with E-state index in [2.05, 4.69) is 0 Å². The van der Waals surface area contributed by atoms with Gasteiger partial charge in [0.15, 0.2) is 0 Å². The van der Waals surface area contributed by atoms with Crippen molar-refractivity contribution >= 4 is 16.0 Å². The van der Waals surface area contributed by atoms with Crippen LogP contribution in [0.4, 0.5) is 0 Å². The molecule has 0 atom stereocenters. The fraction of sp³-hybridized carbons (Fsp3) is 0.364. The number of rotatable bonds is 3. The van der Waals surface area contributed by atoms with E-state index in [1.54, 1.807) is 12.1 Å². The van der Waals surface area contributed by atoms with Gasteiger partial charge in [0.25, 0.3) is 0 Å². The Morgan fingerprint density at radius 1 is 1.41 bits per heavy atom. The second-order valence-corrected chi connectivity index (χ2v) is 6.10. The van der Waals surface area contributed by atoms with Crippen LogP contribution < -0.4 is 0 Å². The van der Waals surface area contributed by atoms with Gasteiger partial charge in [-0.1, -0.05) is 12.1 Å². The molecule has 0 saturated carbocycles. The van der Waals surface area contributed by atoms with Crippen molar-refractivity contribution in [1.82, 2.24) is 4.31 Å². The molecule has 1 heterocycles. The molecular weight excluding hydrogens is 242 g/mol. The van der Waals surface area contributed by atoms with Gasteiger partial charge < -0.3 is 5.11 Å². The van der Waals surface area contributed by atoms with E-state index in [1.807, 2.05) is 0 Å². The van der Waals surface area contributed by atoms with E-state index in [9.17, 15) is 13.2 Å². The molecule has 0 unspecified atom stereocenters. The van der Waals surface area contributed by atoms with Gasteiger partial charge in [0.2, 0.25) is 10.0 Å². The van der Waals surface area contributed by atoms with Gasteiger partial charge in [-0.3, -0.25) is 0 Å². The standard InChI is InChI=1S/C11H13NO4S/c13-11(14)10-4-1-3-9(7-10)8-12-5-2-6-17(12,15)16/h1,3-4,7H,2,5-6,8H2,(H,13,14). The first kappa shape index (κ1) is 12.1. The lowest BCUT2D eigenvalue weighted by Crippen LogP contribution is -2.25. The molecule has 0 radical (unpaired) electrons. The number of nitrogens with zero attached hydrogens (tertiary/aromatic N) is 1. The molecule has 1 N–H and O–H groups in total. The SMILES string of the molecule is O=C(O)c1cccc(CN2CCCS2(=O)=O)c1. The predicted molar refractivity (Wildman–Crippen MR) is 62.2 cm³/mol. The Balaban J connectivity index is 2.19. The highest BCUT2D eigenvalue weighted by Gasteiger charge is 2.27. The molecule has 0 aliphatic carbocycles. The van der Waals surface area contributed by atoms with E-state index < -0.39 is 16.0 Å². The molecule has 0 amide bonds. The number of carboxylic acids is 1. The van der Waals surface area contributed by atoms with Gasteiger partial charge in [0.05, 0.1) is 11.3 Å². The topological polar surface area (TPSA) is 74.7 Å². The minimum atomic E-state index is -3.13. The molecule has 1 aliphatic rings. The van der Waals surface area contributed by atoms with Crippen LogP contribution in [0.1, 0.15) is 22.3 Å². The normalized spacial score (nSPS) is 19.3. The summed E-state index contributed by atoms with van der Waals surface area (Å²) < 4.78 is 24.6. The van der Waals surface area contributed by atoms with Crippen LogP contribution in [0, 0.1) is 0 Å². The molecule has 5 nitrogen and oxygen atoms in total. The molecule has 1 aliphatic heterocycles. The summed E-state index contributed by atoms with van der Waals surface area (Å²) in [6.07, 6.45) is 0.640. The third kappa shape index (κ3) is 2.65. The Bertz CT molecular complexity index is 538. The second-order valence-electron chi connectivity index (χ2n) is 4.01. The van der Waals surface area contributed by atoms with Gasteiger partial charge in [-0.15, -0.1) is 0 Å². The lowest BCUT2D eigenvalue weighted by molar-refractivity contribution is 0.0696. The third-order valence-electron chi connectivity index (χ3n) is 2.74. The van der Waals surface area contributed by atoms with Gasteiger partial charge >= 0.3 is 5.97 Å². The smallest absolute Gasteiger partial charge is 0.335 e. The Labute approximate surface area is 99.7 Å². The molecule has 0 spiro atoms. The van der Waals surface area contributed by atoms with E-state index >= 15 is 0 Å². The van der Waals surface area contributed by atoms with Crippen LogP contribution in [0.3, 0.4) is 0 Å². The number of carboxylic acid groups (broad SMARTS) is 1. The summed E-state index contributed by atoms with van der Waals surface area (Å²) in [7, 11) is -3.13. The minimum absolute atomic E-state index is 0.180. The summed E-state index contributed by atoms with van der Waals surface area (Å²) in [4.78, 5) is 10.8. The van der Waals surface area contributed by atoms with Crippen molar-refractivity contribution in [3.8, 4) is 0 Å². The molecule has 0 bridgehead atoms. The second kappa shape index (κ2) is 4.46. The minimum Gasteiger partial charge on any atom is -0.478 e. The highest BCUT2D eigenvalue weighted by atomic mass is 32.2. The van der Waals surface area contributed by atoms with Gasteiger partial charge in [-0.05, 0) is 24.1 Å². The summed E-state index contributed by atoms with van der Waals surface area (Å²) in [6, 6.07) is 6.36. The van der Waals surface area contributed by atoms with Crippen molar-refractivity contribution < 1.29 is 18.3 Å². The van der Waals surface area contributed by atoms with E-state index in [0.717, 1.165) is 0 Å². The Kier molecular flexibility index (Phi) is 3.17. The maximum atomic E-state index is 11.6. The lowest BCUT2D eigenvalue weighted by atomic mass is 10.1. The average Bonchev–Trinajstić information content (AvgIpc) is 2.59. The quantitative estimate of drug-likeness (QED) is 0.871. The van der Waals surface area contributed by atoms with Gasteiger partial charge in [0.1, 0.15) is 0 Å². The molecule has 2 rings (SSSR count). The van der Waals surface area contributed by atoms with Crippen molar-refractivity contribution in [2.24, 2.45) is 0 Å². The first-order valence-electron chi connectivity index (χ1n) is 5.29. The van der Waals surface area contributed by atoms with Crippen molar-refractivity contribution in [3.05, 3.63) is 35.4 Å². The fourth-order valence-electron chi connectivity index (χ4n) is 1.88. The third-order valence-corrected chi connectivity index (χ3v) is 4.64. The summed E-state index contributed by atoms with van der Waals surface area (Å²) in [5.74, 6) is -0.817. The van der Waals surface area contributed by atoms with Crippen molar-refractivity contribution in [3.63, 3.8) is 0 Å². The first-order chi connectivity index (χ1) is 7.99. The Morgan fingerprint density at radius 3 is 2.76 bits per heavy atom. The van der Waals surface area contributed by atoms with Gasteiger partial charge in [-0.2, -0.15) is 4.31 Å². The first-order valence-corrected chi connectivity index (χ1v) is 6.90. The predicted octanol–water partition coefficient (Wildman–Crippen LogP) is 0.920. The van der Waals surface area contributed by atoms with Crippen molar-refractivity contribution in [2.75, 3.05) is 12.3 Å². The molecule has 1 aromatic carbocycles. The Morgan fingerprint density at radius 2 is 2.18 bits per heavy atom. The van der Waals surface area contributed by atoms with Crippen LogP contribution in [0.2, 0.25) is 0 Å². The number of hydrogen-bond acceptors (Lipinski definition) is 3. The zero-order valence-electron chi connectivity index (χ0n) is 9.17. The number of carbonyl (C=O) groups is 1. The highest BCUT2D eigenvalue weighted by Crippen LogP contribution is 2.17. The van der Waals surface area contributed by atoms with Crippen LogP contribution in [-0.4, -0.2) is 36.1 Å². The molecule has 1 fully saturated rings. The molecule has 6 heteroatoms. The highest BCUT2D eigenvalue weighted by molar-refractivity contribution is 7.89. The monoisotopic (exact) mass is 255 g/mol. The van der Waals surface area contributed by atoms with Gasteiger partial charge in [-0.25, -0.2) is 13.2 Å². The number of aromatic carboxylic acids is 1. The van der Waals surface area contributed by atoms with E-state index in [1.165, 1.54) is 16.4 Å². The largest absolute Gasteiger partial charge is 0.478 e. The lowest BCUT2D eigenvalue weighted by Gasteiger charge is -2.14. The number of hydrogen-bond donors (Lipinski definition) is 1. The van der Waals surface area contributed by atoms with Crippen LogP contribution in [0.15, 0.2) is 24.3 Å². The Hall–Kier alpha value is -1.40. The van der Waals surface area contributed by atoms with Crippen LogP contribution in [0.5, 0.6) is 0 Å². The maximum absolute atomic E-state index is 11.6. The fourth-order valence-corrected chi connectivity index (χ4v) is 3.38. The summed E-state index contributed by atoms with van der Waals surface area (Å²) in [6.45, 7) is 0.767. The van der Waals surface area contributed by atoms with Crippen molar-refractivity contribution in [2.45, 2.75) is 13.0 Å². The molecule has 1 saturated heterocycles. The van der Waals surface area contributed by atoms with Gasteiger partial charge in [0, 0.05) is 13.1 Å². The van der Waals surface area contributed by atoms with E-state index in [0.29, 0.717) is 18.5 Å². The summed E-state index contributed by atoms with van der Waals surface area (Å²) in [5, 5.41) is 8.84. The van der Waals surface area contributed by atoms with Crippen molar-refractivity contribution in [1.29, 1.82) is 0 Å². The number of sulfonamides is 1. The average molecular weight is 255 g/mol. The summed E-state index contributed by atoms with van der Waals surface area (Å²) >= 11 is 0. The molecule has 1 aromatic rings. The number of benzene rings is 1. The zero-order chi connectivity index (χ0) is 12.5. The van der Waals surface area contributed by atoms with Crippen LogP contribution >= 0.6 is 0 Å². The van der Waals surface area contributed by atoms with E-state index in [-0.39, 0.29) is 17.9 Å². The molecular formula is C11H13NO4S. The molecule has 92 valence electrons. The molecule has 17 heavy (non-hydrogen) atoms. The molecule has 0 aromatic heterocycles.